The molecule has 0 saturated carbocycles. The van der Waals surface area contributed by atoms with E-state index in [1.807, 2.05) is 13.8 Å². The van der Waals surface area contributed by atoms with Gasteiger partial charge in [-0.3, -0.25) is 14.9 Å². The number of nitrogens with zero attached hydrogens (tertiary/aromatic N) is 2. The van der Waals surface area contributed by atoms with Crippen LogP contribution in [0.1, 0.15) is 31.1 Å². The summed E-state index contributed by atoms with van der Waals surface area (Å²) in [6.45, 7) is 4.89. The molecule has 1 N–H and O–H groups in total. The Hall–Kier alpha value is -1.95. The molecule has 1 aromatic rings. The Labute approximate surface area is 111 Å². The number of nitro benzene ring substituents is 1. The highest BCUT2D eigenvalue weighted by molar-refractivity contribution is 5.99. The van der Waals surface area contributed by atoms with Crippen LogP contribution in [-0.4, -0.2) is 35.0 Å². The minimum Gasteiger partial charge on any atom is -0.394 e. The van der Waals surface area contributed by atoms with Crippen LogP contribution >= 0.6 is 0 Å². The van der Waals surface area contributed by atoms with Crippen LogP contribution in [0.3, 0.4) is 0 Å². The fourth-order valence-electron chi connectivity index (χ4n) is 1.63. The van der Waals surface area contributed by atoms with Crippen LogP contribution in [0, 0.1) is 10.1 Å². The number of hydrogen-bond acceptors (Lipinski definition) is 5. The van der Waals surface area contributed by atoms with Crippen molar-refractivity contribution in [3.05, 3.63) is 33.9 Å². The van der Waals surface area contributed by atoms with Crippen molar-refractivity contribution < 1.29 is 14.8 Å². The third-order valence-corrected chi connectivity index (χ3v) is 3.24. The molecule has 0 aromatic heterocycles. The molecule has 1 aromatic carbocycles. The summed E-state index contributed by atoms with van der Waals surface area (Å²) < 4.78 is 0. The Bertz CT molecular complexity index is 511. The first kappa shape index (κ1) is 15.1. The Balaban J connectivity index is 3.30. The lowest BCUT2D eigenvalue weighted by Gasteiger charge is -2.36. The number of anilines is 1. The average molecular weight is 266 g/mol. The summed E-state index contributed by atoms with van der Waals surface area (Å²) >= 11 is 0. The third-order valence-electron chi connectivity index (χ3n) is 3.24. The zero-order valence-electron chi connectivity index (χ0n) is 11.5. The van der Waals surface area contributed by atoms with Crippen LogP contribution in [0.5, 0.6) is 0 Å². The van der Waals surface area contributed by atoms with Crippen molar-refractivity contribution in [2.75, 3.05) is 18.6 Å². The molecule has 1 rings (SSSR count). The van der Waals surface area contributed by atoms with Gasteiger partial charge in [-0.15, -0.1) is 0 Å². The van der Waals surface area contributed by atoms with Gasteiger partial charge in [0.25, 0.3) is 5.69 Å². The molecule has 0 aliphatic rings. The topological polar surface area (TPSA) is 83.7 Å². The summed E-state index contributed by atoms with van der Waals surface area (Å²) in [6.07, 6.45) is 0. The number of aliphatic hydroxyl groups is 1. The maximum Gasteiger partial charge on any atom is 0.280 e. The van der Waals surface area contributed by atoms with E-state index in [0.717, 1.165) is 0 Å². The fraction of sp³-hybridized carbons (Fsp3) is 0.462. The molecule has 0 aliphatic heterocycles. The maximum atomic E-state index is 11.5. The van der Waals surface area contributed by atoms with Crippen LogP contribution in [0.4, 0.5) is 11.4 Å². The summed E-state index contributed by atoms with van der Waals surface area (Å²) in [6, 6.07) is 4.37. The number of likely N-dealkylation sites (N-methyl/N-ethyl adjacent to an activating group) is 1. The van der Waals surface area contributed by atoms with Crippen molar-refractivity contribution in [1.29, 1.82) is 0 Å². The van der Waals surface area contributed by atoms with E-state index in [9.17, 15) is 20.0 Å². The molecule has 0 bridgehead atoms. The SMILES string of the molecule is CC(=O)c1cc(N(C)C(C)(C)CO)ccc1[N+](=O)[O-]. The minimum absolute atomic E-state index is 0.0723. The zero-order chi connectivity index (χ0) is 14.8. The van der Waals surface area contributed by atoms with E-state index in [0.29, 0.717) is 5.69 Å². The number of benzene rings is 1. The zero-order valence-corrected chi connectivity index (χ0v) is 11.5. The van der Waals surface area contributed by atoms with Crippen LogP contribution in [0.15, 0.2) is 18.2 Å². The van der Waals surface area contributed by atoms with Gasteiger partial charge in [0.15, 0.2) is 5.78 Å². The van der Waals surface area contributed by atoms with Crippen molar-refractivity contribution in [3.63, 3.8) is 0 Å². The third kappa shape index (κ3) is 3.08. The van der Waals surface area contributed by atoms with E-state index >= 15 is 0 Å². The molecule has 6 heteroatoms. The Morgan fingerprint density at radius 2 is 2.05 bits per heavy atom. The highest BCUT2D eigenvalue weighted by atomic mass is 16.6. The Morgan fingerprint density at radius 3 is 2.47 bits per heavy atom. The minimum atomic E-state index is -0.572. The second-order valence-electron chi connectivity index (χ2n) is 5.04. The number of rotatable bonds is 5. The van der Waals surface area contributed by atoms with Crippen molar-refractivity contribution >= 4 is 17.2 Å². The smallest absolute Gasteiger partial charge is 0.280 e. The van der Waals surface area contributed by atoms with Crippen molar-refractivity contribution in [3.8, 4) is 0 Å². The van der Waals surface area contributed by atoms with Gasteiger partial charge in [0.05, 0.1) is 22.6 Å². The molecule has 0 amide bonds. The molecule has 0 aliphatic carbocycles. The standard InChI is InChI=1S/C13H18N2O4/c1-9(17)11-7-10(5-6-12(11)15(18)19)14(4)13(2,3)8-16/h5-7,16H,8H2,1-4H3. The van der Waals surface area contributed by atoms with Gasteiger partial charge in [-0.2, -0.15) is 0 Å². The van der Waals surface area contributed by atoms with Gasteiger partial charge in [-0.05, 0) is 32.9 Å². The molecular weight excluding hydrogens is 248 g/mol. The van der Waals surface area contributed by atoms with Gasteiger partial charge in [-0.25, -0.2) is 0 Å². The lowest BCUT2D eigenvalue weighted by atomic mass is 10.0. The van der Waals surface area contributed by atoms with E-state index in [-0.39, 0.29) is 23.6 Å². The molecule has 0 unspecified atom stereocenters. The van der Waals surface area contributed by atoms with E-state index < -0.39 is 10.5 Å². The molecule has 0 fully saturated rings. The lowest BCUT2D eigenvalue weighted by molar-refractivity contribution is -0.385. The highest BCUT2D eigenvalue weighted by Crippen LogP contribution is 2.28. The fourth-order valence-corrected chi connectivity index (χ4v) is 1.63. The summed E-state index contributed by atoms with van der Waals surface area (Å²) in [7, 11) is 1.77. The molecule has 0 atom stereocenters. The molecule has 0 radical (unpaired) electrons. The molecule has 0 spiro atoms. The first-order chi connectivity index (χ1) is 8.70. The predicted octanol–water partition coefficient (Wildman–Crippen LogP) is 2.00. The van der Waals surface area contributed by atoms with E-state index in [4.69, 9.17) is 0 Å². The summed E-state index contributed by atoms with van der Waals surface area (Å²) in [4.78, 5) is 23.6. The van der Waals surface area contributed by atoms with Gasteiger partial charge < -0.3 is 10.0 Å². The van der Waals surface area contributed by atoms with Crippen LogP contribution in [0.2, 0.25) is 0 Å². The molecule has 0 saturated heterocycles. The summed E-state index contributed by atoms with van der Waals surface area (Å²) in [5.74, 6) is -0.358. The second-order valence-corrected chi connectivity index (χ2v) is 5.04. The first-order valence-corrected chi connectivity index (χ1v) is 5.85. The number of carbonyl (C=O) groups is 1. The average Bonchev–Trinajstić information content (AvgIpc) is 2.36. The van der Waals surface area contributed by atoms with Crippen molar-refractivity contribution in [2.24, 2.45) is 0 Å². The highest BCUT2D eigenvalue weighted by Gasteiger charge is 2.25. The van der Waals surface area contributed by atoms with Crippen LogP contribution in [0.25, 0.3) is 0 Å². The van der Waals surface area contributed by atoms with Gasteiger partial charge >= 0.3 is 0 Å². The number of ketones is 1. The quantitative estimate of drug-likeness (QED) is 0.500. The molecule has 6 nitrogen and oxygen atoms in total. The van der Waals surface area contributed by atoms with E-state index in [2.05, 4.69) is 0 Å². The molecular formula is C13H18N2O4. The van der Waals surface area contributed by atoms with Crippen molar-refractivity contribution in [1.82, 2.24) is 0 Å². The molecule has 104 valence electrons. The maximum absolute atomic E-state index is 11.5. The number of aliphatic hydroxyl groups excluding tert-OH is 1. The number of hydrogen-bond donors (Lipinski definition) is 1. The Kier molecular flexibility index (Phi) is 4.26. The van der Waals surface area contributed by atoms with E-state index in [1.54, 1.807) is 18.0 Å². The normalized spacial score (nSPS) is 11.2. The lowest BCUT2D eigenvalue weighted by Crippen LogP contribution is -2.44. The Morgan fingerprint density at radius 1 is 1.47 bits per heavy atom. The molecule has 19 heavy (non-hydrogen) atoms. The summed E-state index contributed by atoms with van der Waals surface area (Å²) in [5, 5.41) is 20.2. The summed E-state index contributed by atoms with van der Waals surface area (Å²) in [5.41, 5.74) is -0.00566. The van der Waals surface area contributed by atoms with Crippen molar-refractivity contribution in [2.45, 2.75) is 26.3 Å². The largest absolute Gasteiger partial charge is 0.394 e. The van der Waals surface area contributed by atoms with Gasteiger partial charge in [0.1, 0.15) is 0 Å². The number of Topliss-reactive ketones (excluding diaryl/α,β-unsaturated/α-hetero) is 1. The number of carbonyl (C=O) groups excluding carboxylic acids is 1. The van der Waals surface area contributed by atoms with Crippen LogP contribution in [-0.2, 0) is 0 Å². The molecule has 0 heterocycles. The van der Waals surface area contributed by atoms with Gasteiger partial charge in [0.2, 0.25) is 0 Å². The second kappa shape index (κ2) is 5.36. The predicted molar refractivity (Wildman–Crippen MR) is 72.7 cm³/mol. The van der Waals surface area contributed by atoms with Crippen LogP contribution < -0.4 is 4.90 Å². The van der Waals surface area contributed by atoms with Gasteiger partial charge in [0, 0.05) is 18.8 Å². The van der Waals surface area contributed by atoms with Gasteiger partial charge in [-0.1, -0.05) is 0 Å². The monoisotopic (exact) mass is 266 g/mol. The van der Waals surface area contributed by atoms with E-state index in [1.165, 1.54) is 19.1 Å². The number of nitro groups is 1. The first-order valence-electron chi connectivity index (χ1n) is 5.85.